The van der Waals surface area contributed by atoms with E-state index in [1.807, 2.05) is 0 Å². The number of benzene rings is 1. The molecule has 0 bridgehead atoms. The van der Waals surface area contributed by atoms with Gasteiger partial charge in [0.15, 0.2) is 11.1 Å². The van der Waals surface area contributed by atoms with E-state index in [0.717, 1.165) is 12.1 Å². The number of aliphatic hydroxyl groups excluding tert-OH is 5. The van der Waals surface area contributed by atoms with E-state index in [0.29, 0.717) is 0 Å². The Morgan fingerprint density at radius 1 is 1.19 bits per heavy atom. The number of amides is 1. The molecule has 1 amide bonds. The first-order valence-electron chi connectivity index (χ1n) is 8.99. The number of hydrogen-bond donors (Lipinski definition) is 6. The van der Waals surface area contributed by atoms with Crippen LogP contribution >= 0.6 is 23.2 Å². The van der Waals surface area contributed by atoms with Gasteiger partial charge in [-0.3, -0.25) is 14.9 Å². The van der Waals surface area contributed by atoms with Crippen LogP contribution in [0.4, 0.5) is 5.69 Å². The molecule has 12 nitrogen and oxygen atoms in total. The molecule has 0 unspecified atom stereocenters. The highest BCUT2D eigenvalue weighted by atomic mass is 35.5. The van der Waals surface area contributed by atoms with Gasteiger partial charge in [-0.05, 0) is 17.7 Å². The lowest BCUT2D eigenvalue weighted by molar-refractivity contribution is -0.384. The summed E-state index contributed by atoms with van der Waals surface area (Å²) < 4.78 is 10.6. The molecule has 7 atom stereocenters. The van der Waals surface area contributed by atoms with E-state index >= 15 is 0 Å². The van der Waals surface area contributed by atoms with Crippen molar-refractivity contribution in [3.63, 3.8) is 0 Å². The molecule has 174 valence electrons. The van der Waals surface area contributed by atoms with E-state index in [1.54, 1.807) is 0 Å². The number of nitro groups is 1. The summed E-state index contributed by atoms with van der Waals surface area (Å²) in [6, 6.07) is 3.65. The molecule has 1 saturated heterocycles. The molecule has 1 heterocycles. The minimum atomic E-state index is -1.69. The number of carbonyl (C=O) groups is 1. The van der Waals surface area contributed by atoms with Crippen molar-refractivity contribution in [3.8, 4) is 0 Å². The largest absolute Gasteiger partial charge is 0.394 e. The number of carbonyl (C=O) groups excluding carboxylic acids is 1. The number of nitro benzene ring substituents is 1. The van der Waals surface area contributed by atoms with Gasteiger partial charge >= 0.3 is 0 Å². The van der Waals surface area contributed by atoms with E-state index in [9.17, 15) is 40.4 Å². The Morgan fingerprint density at radius 2 is 1.81 bits per heavy atom. The maximum atomic E-state index is 11.9. The van der Waals surface area contributed by atoms with Crippen molar-refractivity contribution in [2.45, 2.75) is 47.7 Å². The summed E-state index contributed by atoms with van der Waals surface area (Å²) in [6.07, 6.45) is -9.14. The van der Waals surface area contributed by atoms with Crippen molar-refractivity contribution in [2.24, 2.45) is 0 Å². The third-order valence-corrected chi connectivity index (χ3v) is 5.04. The van der Waals surface area contributed by atoms with Gasteiger partial charge in [0.2, 0.25) is 0 Å². The van der Waals surface area contributed by atoms with Crippen molar-refractivity contribution in [1.29, 1.82) is 0 Å². The number of halogens is 2. The van der Waals surface area contributed by atoms with Crippen LogP contribution in [0.25, 0.3) is 0 Å². The average Bonchev–Trinajstić information content (AvgIpc) is 2.75. The molecule has 31 heavy (non-hydrogen) atoms. The van der Waals surface area contributed by atoms with Crippen LogP contribution in [0.3, 0.4) is 0 Å². The number of non-ortho nitro benzene ring substituents is 1. The first-order valence-corrected chi connectivity index (χ1v) is 9.87. The molecule has 1 fully saturated rings. The highest BCUT2D eigenvalue weighted by Gasteiger charge is 2.44. The zero-order valence-corrected chi connectivity index (χ0v) is 17.3. The van der Waals surface area contributed by atoms with E-state index in [4.69, 9.17) is 32.7 Å². The van der Waals surface area contributed by atoms with E-state index in [1.165, 1.54) is 12.1 Å². The fraction of sp³-hybridized carbons (Fsp3) is 0.588. The third kappa shape index (κ3) is 6.44. The fourth-order valence-corrected chi connectivity index (χ4v) is 3.01. The second-order valence-corrected chi connectivity index (χ2v) is 7.84. The Balaban J connectivity index is 2.15. The summed E-state index contributed by atoms with van der Waals surface area (Å²) >= 11 is 11.1. The molecule has 0 aliphatic carbocycles. The average molecular weight is 485 g/mol. The highest BCUT2D eigenvalue weighted by molar-refractivity contribution is 6.53. The van der Waals surface area contributed by atoms with Crippen LogP contribution in [-0.4, -0.2) is 91.2 Å². The van der Waals surface area contributed by atoms with E-state index in [2.05, 4.69) is 5.32 Å². The molecule has 0 spiro atoms. The second kappa shape index (κ2) is 11.3. The number of nitrogens with one attached hydrogen (secondary N) is 1. The zero-order valence-electron chi connectivity index (χ0n) is 15.8. The summed E-state index contributed by atoms with van der Waals surface area (Å²) in [5.74, 6) is -0.869. The standard InChI is InChI=1S/C17H22Cl2N2O10/c18-15(19)16(27)20-9(11(23)7-1-3-8(4-2-7)21(28)29)6-30-17-14(26)13(25)12(24)10(5-22)31-17/h1-4,9-15,17,22-26H,5-6H2,(H,20,27)/t9-,10-,11-,12+,13+,14-,17-/m1/s1. The first kappa shape index (κ1) is 25.6. The first-order chi connectivity index (χ1) is 14.6. The number of alkyl halides is 2. The Labute approximate surface area is 186 Å². The monoisotopic (exact) mass is 484 g/mol. The van der Waals surface area contributed by atoms with Gasteiger partial charge in [0, 0.05) is 12.1 Å². The van der Waals surface area contributed by atoms with Crippen molar-refractivity contribution in [3.05, 3.63) is 39.9 Å². The predicted molar refractivity (Wildman–Crippen MR) is 105 cm³/mol. The van der Waals surface area contributed by atoms with Gasteiger partial charge in [-0.15, -0.1) is 0 Å². The van der Waals surface area contributed by atoms with Crippen LogP contribution in [0.2, 0.25) is 0 Å². The van der Waals surface area contributed by atoms with Crippen LogP contribution in [0.15, 0.2) is 24.3 Å². The second-order valence-electron chi connectivity index (χ2n) is 6.74. The summed E-state index contributed by atoms with van der Waals surface area (Å²) in [7, 11) is 0. The fourth-order valence-electron chi connectivity index (χ4n) is 2.89. The molecule has 1 aromatic rings. The van der Waals surface area contributed by atoms with Gasteiger partial charge in [-0.2, -0.15) is 0 Å². The molecule has 0 saturated carbocycles. The Hall–Kier alpha value is -1.61. The van der Waals surface area contributed by atoms with E-state index < -0.39 is 71.7 Å². The molecular formula is C17H22Cl2N2O10. The summed E-state index contributed by atoms with van der Waals surface area (Å²) in [4.78, 5) is 20.6. The third-order valence-electron chi connectivity index (χ3n) is 4.64. The van der Waals surface area contributed by atoms with Crippen LogP contribution in [0.5, 0.6) is 0 Å². The van der Waals surface area contributed by atoms with Crippen LogP contribution < -0.4 is 5.32 Å². The smallest absolute Gasteiger partial charge is 0.269 e. The highest BCUT2D eigenvalue weighted by Crippen LogP contribution is 2.25. The topological polar surface area (TPSA) is 192 Å². The van der Waals surface area contributed by atoms with Gasteiger partial charge in [0.1, 0.15) is 30.5 Å². The number of nitrogens with zero attached hydrogens (tertiary/aromatic N) is 1. The van der Waals surface area contributed by atoms with Crippen molar-refractivity contribution in [2.75, 3.05) is 13.2 Å². The molecule has 0 aromatic heterocycles. The number of rotatable bonds is 9. The minimum Gasteiger partial charge on any atom is -0.394 e. The Kier molecular flexibility index (Phi) is 9.36. The van der Waals surface area contributed by atoms with Crippen molar-refractivity contribution in [1.82, 2.24) is 5.32 Å². The van der Waals surface area contributed by atoms with Gasteiger partial charge in [-0.1, -0.05) is 23.2 Å². The molecular weight excluding hydrogens is 463 g/mol. The van der Waals surface area contributed by atoms with Crippen LogP contribution in [-0.2, 0) is 14.3 Å². The quantitative estimate of drug-likeness (QED) is 0.140. The van der Waals surface area contributed by atoms with Gasteiger partial charge in [-0.25, -0.2) is 0 Å². The lowest BCUT2D eigenvalue weighted by Crippen LogP contribution is -2.59. The Morgan fingerprint density at radius 3 is 2.32 bits per heavy atom. The number of hydrogen-bond acceptors (Lipinski definition) is 10. The maximum absolute atomic E-state index is 11.9. The maximum Gasteiger partial charge on any atom is 0.269 e. The normalized spacial score (nSPS) is 28.2. The Bertz CT molecular complexity index is 751. The van der Waals surface area contributed by atoms with E-state index in [-0.39, 0.29) is 11.3 Å². The lowest BCUT2D eigenvalue weighted by Gasteiger charge is -2.40. The SMILES string of the molecule is O=C(N[C@H](CO[C@@H]1O[C@H](CO)[C@H](O)[C@H](O)[C@H]1O)[C@H](O)c1ccc([N+](=O)[O-])cc1)C(Cl)Cl. The predicted octanol–water partition coefficient (Wildman–Crippen LogP) is -1.27. The summed E-state index contributed by atoms with van der Waals surface area (Å²) in [6.45, 7) is -1.16. The molecule has 14 heteroatoms. The molecule has 1 aliphatic rings. The van der Waals surface area contributed by atoms with Crippen LogP contribution in [0, 0.1) is 10.1 Å². The summed E-state index contributed by atoms with van der Waals surface area (Å²) in [5.41, 5.74) is -0.0234. The molecule has 1 aliphatic heterocycles. The number of aliphatic hydroxyl groups is 5. The lowest BCUT2D eigenvalue weighted by atomic mass is 9.99. The minimum absolute atomic E-state index is 0.189. The van der Waals surface area contributed by atoms with Crippen LogP contribution in [0.1, 0.15) is 11.7 Å². The van der Waals surface area contributed by atoms with Crippen molar-refractivity contribution < 1.29 is 44.7 Å². The molecule has 0 radical (unpaired) electrons. The molecule has 2 rings (SSSR count). The molecule has 1 aromatic carbocycles. The van der Waals surface area contributed by atoms with Gasteiger partial charge in [0.05, 0.1) is 24.2 Å². The number of ether oxygens (including phenoxy) is 2. The summed E-state index contributed by atoms with van der Waals surface area (Å²) in [5, 5.41) is 62.7. The van der Waals surface area contributed by atoms with Gasteiger partial charge < -0.3 is 40.3 Å². The molecule has 6 N–H and O–H groups in total. The van der Waals surface area contributed by atoms with Crippen molar-refractivity contribution >= 4 is 34.8 Å². The zero-order chi connectivity index (χ0) is 23.3. The van der Waals surface area contributed by atoms with Gasteiger partial charge in [0.25, 0.3) is 11.6 Å².